The summed E-state index contributed by atoms with van der Waals surface area (Å²) in [6.45, 7) is 27.6. The van der Waals surface area contributed by atoms with Gasteiger partial charge in [0, 0.05) is 6.10 Å². The van der Waals surface area contributed by atoms with E-state index in [1.54, 1.807) is 6.08 Å². The molecule has 1 N–H and O–H groups in total. The summed E-state index contributed by atoms with van der Waals surface area (Å²) in [6, 6.07) is 0. The molecule has 0 amide bonds. The maximum Gasteiger partial charge on any atom is 0.454 e. The Morgan fingerprint density at radius 2 is 1.49 bits per heavy atom. The zero-order valence-corrected chi connectivity index (χ0v) is 32.5. The van der Waals surface area contributed by atoms with Crippen LogP contribution < -0.4 is 0 Å². The van der Waals surface area contributed by atoms with Gasteiger partial charge < -0.3 is 9.22 Å². The van der Waals surface area contributed by atoms with Crippen LogP contribution in [-0.2, 0) is 9.22 Å². The van der Waals surface area contributed by atoms with Gasteiger partial charge in [-0.05, 0) is 152 Å². The minimum atomic E-state index is -4.81. The molecule has 0 radical (unpaired) electrons. The SMILES string of the molecule is C[C@H](/C=C/C(=O)C(F)(F)F)[C@H]1CCC2C3C[C@H](CC(C)(C)[Si](C)(C)O)[C@@H]4C[C@H](O[Si](C)(C)C(C)(C)C)CC[C@]4(C)C3CC[C@@]21C. The summed E-state index contributed by atoms with van der Waals surface area (Å²) in [5, 5.41) is 0.0810. The highest BCUT2D eigenvalue weighted by molar-refractivity contribution is 6.74. The fourth-order valence-electron chi connectivity index (χ4n) is 10.7. The second kappa shape index (κ2) is 12.2. The van der Waals surface area contributed by atoms with Gasteiger partial charge in [0.15, 0.2) is 16.6 Å². The Hall–Kier alpha value is -0.446. The quantitative estimate of drug-likeness (QED) is 0.206. The molecule has 0 aromatic rings. The van der Waals surface area contributed by atoms with Crippen molar-refractivity contribution < 1.29 is 27.2 Å². The topological polar surface area (TPSA) is 46.5 Å². The molecule has 8 heteroatoms. The summed E-state index contributed by atoms with van der Waals surface area (Å²) in [7, 11) is -4.31. The van der Waals surface area contributed by atoms with Gasteiger partial charge in [-0.3, -0.25) is 4.79 Å². The van der Waals surface area contributed by atoms with Crippen molar-refractivity contribution in [2.24, 2.45) is 52.3 Å². The molecule has 0 aliphatic heterocycles. The lowest BCUT2D eigenvalue weighted by atomic mass is 9.42. The molecule has 45 heavy (non-hydrogen) atoms. The number of hydrogen-bond acceptors (Lipinski definition) is 3. The van der Waals surface area contributed by atoms with Gasteiger partial charge in [-0.25, -0.2) is 0 Å². The van der Waals surface area contributed by atoms with Gasteiger partial charge in [0.25, 0.3) is 5.78 Å². The number of rotatable bonds is 8. The molecule has 4 aliphatic carbocycles. The predicted molar refractivity (Wildman–Crippen MR) is 184 cm³/mol. The molecule has 260 valence electrons. The molecular weight excluding hydrogens is 606 g/mol. The van der Waals surface area contributed by atoms with Crippen LogP contribution in [0.25, 0.3) is 0 Å². The van der Waals surface area contributed by atoms with E-state index in [1.807, 2.05) is 6.92 Å². The van der Waals surface area contributed by atoms with Crippen molar-refractivity contribution in [1.82, 2.24) is 0 Å². The molecule has 0 aromatic carbocycles. The van der Waals surface area contributed by atoms with Gasteiger partial charge in [-0.1, -0.05) is 61.5 Å². The van der Waals surface area contributed by atoms with Crippen LogP contribution in [0, 0.1) is 52.3 Å². The van der Waals surface area contributed by atoms with Gasteiger partial charge in [0.1, 0.15) is 0 Å². The Bertz CT molecular complexity index is 1120. The second-order valence-corrected chi connectivity index (χ2v) is 28.4. The minimum absolute atomic E-state index is 0.0615. The predicted octanol–water partition coefficient (Wildman–Crippen LogP) is 11.0. The highest BCUT2D eigenvalue weighted by Crippen LogP contribution is 2.70. The van der Waals surface area contributed by atoms with E-state index in [9.17, 15) is 22.8 Å². The Balaban J connectivity index is 1.64. The van der Waals surface area contributed by atoms with Crippen molar-refractivity contribution in [2.75, 3.05) is 0 Å². The monoisotopic (exact) mass is 670 g/mol. The molecule has 0 saturated heterocycles. The summed E-state index contributed by atoms with van der Waals surface area (Å²) in [5.74, 6) is 1.40. The summed E-state index contributed by atoms with van der Waals surface area (Å²) >= 11 is 0. The smallest absolute Gasteiger partial charge is 0.432 e. The number of carbonyl (C=O) groups excluding carboxylic acids is 1. The van der Waals surface area contributed by atoms with Crippen LogP contribution in [0.4, 0.5) is 13.2 Å². The number of allylic oxidation sites excluding steroid dienone is 2. The van der Waals surface area contributed by atoms with Crippen molar-refractivity contribution in [3.8, 4) is 0 Å². The molecule has 0 aromatic heterocycles. The van der Waals surface area contributed by atoms with E-state index in [4.69, 9.17) is 4.43 Å². The number of halogens is 3. The third kappa shape index (κ3) is 7.01. The zero-order chi connectivity index (χ0) is 34.2. The van der Waals surface area contributed by atoms with Crippen LogP contribution >= 0.6 is 0 Å². The van der Waals surface area contributed by atoms with Gasteiger partial charge in [0.2, 0.25) is 0 Å². The standard InChI is InChI=1S/C37H65F3O3Si2/c1-24(13-16-32(41)37(38,39)40)28-14-15-29-27-21-25(23-34(5,6)44(9,10)42)31-22-26(43-45(11,12)33(2,3)4)17-19-36(31,8)30(27)18-20-35(28,29)7/h13,16,24-31,42H,14-15,17-23H2,1-12H3/b16-13+/t24-,25-,26-,27?,28-,29?,30?,31+,35-,36-/m1/s1. The molecule has 3 unspecified atom stereocenters. The number of fused-ring (bicyclic) bond motifs is 5. The molecule has 0 spiro atoms. The summed E-state index contributed by atoms with van der Waals surface area (Å²) in [4.78, 5) is 23.0. The van der Waals surface area contributed by atoms with Gasteiger partial charge in [0.05, 0.1) is 0 Å². The molecule has 4 aliphatic rings. The van der Waals surface area contributed by atoms with E-state index in [0.29, 0.717) is 41.6 Å². The molecule has 3 nitrogen and oxygen atoms in total. The first-order chi connectivity index (χ1) is 20.2. The van der Waals surface area contributed by atoms with E-state index in [0.717, 1.165) is 44.6 Å². The number of hydrogen-bond donors (Lipinski definition) is 1. The fraction of sp³-hybridized carbons (Fsp3) is 0.919. The highest BCUT2D eigenvalue weighted by atomic mass is 28.4. The molecule has 0 bridgehead atoms. The normalized spacial score (nSPS) is 38.9. The maximum atomic E-state index is 12.9. The van der Waals surface area contributed by atoms with Crippen molar-refractivity contribution >= 4 is 22.4 Å². The minimum Gasteiger partial charge on any atom is -0.432 e. The third-order valence-electron chi connectivity index (χ3n) is 15.0. The highest BCUT2D eigenvalue weighted by Gasteiger charge is 2.63. The van der Waals surface area contributed by atoms with E-state index < -0.39 is 28.6 Å². The first-order valence-corrected chi connectivity index (χ1v) is 23.8. The Kier molecular flexibility index (Phi) is 10.1. The number of ketones is 1. The molecule has 10 atom stereocenters. The van der Waals surface area contributed by atoms with E-state index in [1.165, 1.54) is 19.3 Å². The summed E-state index contributed by atoms with van der Waals surface area (Å²) < 4.78 is 45.9. The lowest BCUT2D eigenvalue weighted by molar-refractivity contribution is -0.165. The van der Waals surface area contributed by atoms with E-state index >= 15 is 0 Å². The zero-order valence-electron chi connectivity index (χ0n) is 30.5. The molecular formula is C37H65F3O3Si2. The van der Waals surface area contributed by atoms with Crippen LogP contribution in [0.15, 0.2) is 12.2 Å². The van der Waals surface area contributed by atoms with Gasteiger partial charge in [-0.2, -0.15) is 13.2 Å². The average molecular weight is 671 g/mol. The van der Waals surface area contributed by atoms with Crippen LogP contribution in [0.2, 0.25) is 36.3 Å². The summed E-state index contributed by atoms with van der Waals surface area (Å²) in [5.41, 5.74) is 0.311. The van der Waals surface area contributed by atoms with Crippen molar-refractivity contribution in [1.29, 1.82) is 0 Å². The fourth-order valence-corrected chi connectivity index (χ4v) is 12.8. The number of alkyl halides is 3. The van der Waals surface area contributed by atoms with E-state index in [-0.39, 0.29) is 26.8 Å². The Morgan fingerprint density at radius 3 is 2.04 bits per heavy atom. The van der Waals surface area contributed by atoms with Crippen LogP contribution in [-0.4, -0.2) is 39.5 Å². The van der Waals surface area contributed by atoms with Crippen LogP contribution in [0.5, 0.6) is 0 Å². The molecule has 4 rings (SSSR count). The van der Waals surface area contributed by atoms with Gasteiger partial charge >= 0.3 is 6.18 Å². The second-order valence-electron chi connectivity index (χ2n) is 19.2. The van der Waals surface area contributed by atoms with Crippen molar-refractivity contribution in [3.05, 3.63) is 12.2 Å². The molecule has 4 saturated carbocycles. The van der Waals surface area contributed by atoms with Gasteiger partial charge in [-0.15, -0.1) is 0 Å². The first kappa shape index (κ1) is 37.4. The number of carbonyl (C=O) groups is 1. The third-order valence-corrected chi connectivity index (χ3v) is 23.1. The lowest BCUT2D eigenvalue weighted by Crippen LogP contribution is -2.58. The average Bonchev–Trinajstić information content (AvgIpc) is 3.23. The first-order valence-electron chi connectivity index (χ1n) is 17.9. The Morgan fingerprint density at radius 1 is 0.911 bits per heavy atom. The largest absolute Gasteiger partial charge is 0.454 e. The van der Waals surface area contributed by atoms with Crippen LogP contribution in [0.1, 0.15) is 113 Å². The molecule has 4 fully saturated rings. The summed E-state index contributed by atoms with van der Waals surface area (Å²) in [6.07, 6.45) is 7.95. The van der Waals surface area contributed by atoms with E-state index in [2.05, 4.69) is 74.7 Å². The van der Waals surface area contributed by atoms with Crippen LogP contribution in [0.3, 0.4) is 0 Å². The molecule has 0 heterocycles. The van der Waals surface area contributed by atoms with Crippen molar-refractivity contribution in [2.45, 2.75) is 162 Å². The van der Waals surface area contributed by atoms with Crippen molar-refractivity contribution in [3.63, 3.8) is 0 Å². The Labute approximate surface area is 275 Å². The maximum absolute atomic E-state index is 12.9. The lowest BCUT2D eigenvalue weighted by Gasteiger charge is -2.64.